The molecule has 1 atom stereocenters. The summed E-state index contributed by atoms with van der Waals surface area (Å²) in [6.07, 6.45) is 5.38. The molecule has 1 aliphatic heterocycles. The number of rotatable bonds is 7. The minimum Gasteiger partial charge on any atom is -0.496 e. The third-order valence-electron chi connectivity index (χ3n) is 6.02. The Bertz CT molecular complexity index is 743. The molecule has 1 aliphatic carbocycles. The first-order valence-corrected chi connectivity index (χ1v) is 10.6. The van der Waals surface area contributed by atoms with Gasteiger partial charge in [-0.1, -0.05) is 12.8 Å². The molecule has 31 heavy (non-hydrogen) atoms. The van der Waals surface area contributed by atoms with Crippen molar-refractivity contribution in [1.29, 1.82) is 0 Å². The van der Waals surface area contributed by atoms with Gasteiger partial charge in [0.25, 0.3) is 0 Å². The maximum absolute atomic E-state index is 12.7. The highest BCUT2D eigenvalue weighted by molar-refractivity contribution is 14.0. The standard InChI is InChI=1S/C22H34N4O4.HI/c1-23-22(24-13-18-19(29-3)11-17(28-2)12-20(18)30-4)25-16-9-10-26(14-16)21(27)15-7-5-6-8-15;/h11-12,15-16H,5-10,13-14H2,1-4H3,(H2,23,24,25);1H. The molecule has 1 aromatic rings. The maximum Gasteiger partial charge on any atom is 0.225 e. The topological polar surface area (TPSA) is 84.4 Å². The van der Waals surface area contributed by atoms with E-state index in [-0.39, 0.29) is 35.9 Å². The number of guanidine groups is 1. The van der Waals surface area contributed by atoms with E-state index in [2.05, 4.69) is 15.6 Å². The third kappa shape index (κ3) is 6.30. The van der Waals surface area contributed by atoms with Crippen molar-refractivity contribution >= 4 is 35.8 Å². The van der Waals surface area contributed by atoms with Gasteiger partial charge in [0, 0.05) is 44.2 Å². The van der Waals surface area contributed by atoms with Crippen molar-refractivity contribution in [3.8, 4) is 17.2 Å². The van der Waals surface area contributed by atoms with E-state index in [0.717, 1.165) is 37.9 Å². The number of nitrogens with zero attached hydrogens (tertiary/aromatic N) is 2. The van der Waals surface area contributed by atoms with Crippen LogP contribution in [0, 0.1) is 5.92 Å². The smallest absolute Gasteiger partial charge is 0.225 e. The number of benzene rings is 1. The molecule has 2 aliphatic rings. The van der Waals surface area contributed by atoms with Gasteiger partial charge < -0.3 is 29.7 Å². The Morgan fingerprint density at radius 3 is 2.29 bits per heavy atom. The quantitative estimate of drug-likeness (QED) is 0.311. The van der Waals surface area contributed by atoms with E-state index >= 15 is 0 Å². The molecule has 1 amide bonds. The van der Waals surface area contributed by atoms with Crippen molar-refractivity contribution in [2.24, 2.45) is 10.9 Å². The second-order valence-corrected chi connectivity index (χ2v) is 7.83. The molecule has 8 nitrogen and oxygen atoms in total. The number of hydrogen-bond acceptors (Lipinski definition) is 5. The Balaban J connectivity index is 0.00000341. The zero-order valence-corrected chi connectivity index (χ0v) is 21.2. The number of ether oxygens (including phenoxy) is 3. The zero-order chi connectivity index (χ0) is 21.5. The van der Waals surface area contributed by atoms with Crippen LogP contribution in [0.2, 0.25) is 0 Å². The normalized spacial score (nSPS) is 19.0. The minimum absolute atomic E-state index is 0. The molecule has 0 radical (unpaired) electrons. The van der Waals surface area contributed by atoms with Gasteiger partial charge >= 0.3 is 0 Å². The fraction of sp³-hybridized carbons (Fsp3) is 0.636. The van der Waals surface area contributed by atoms with Crippen molar-refractivity contribution in [2.75, 3.05) is 41.5 Å². The van der Waals surface area contributed by atoms with E-state index in [1.807, 2.05) is 17.0 Å². The molecule has 1 unspecified atom stereocenters. The number of amides is 1. The number of carbonyl (C=O) groups is 1. The summed E-state index contributed by atoms with van der Waals surface area (Å²) in [7, 11) is 6.60. The number of hydrogen-bond donors (Lipinski definition) is 2. The molecular formula is C22H35IN4O4. The number of aliphatic imine (C=N–C) groups is 1. The number of methoxy groups -OCH3 is 3. The molecule has 174 valence electrons. The van der Waals surface area contributed by atoms with Gasteiger partial charge in [-0.2, -0.15) is 0 Å². The molecule has 3 rings (SSSR count). The Morgan fingerprint density at radius 2 is 1.74 bits per heavy atom. The molecule has 2 fully saturated rings. The molecule has 1 aromatic carbocycles. The summed E-state index contributed by atoms with van der Waals surface area (Å²) in [5, 5.41) is 6.78. The second kappa shape index (κ2) is 12.2. The van der Waals surface area contributed by atoms with Crippen LogP contribution in [0.15, 0.2) is 17.1 Å². The molecule has 0 aromatic heterocycles. The Labute approximate surface area is 202 Å². The van der Waals surface area contributed by atoms with Crippen LogP contribution in [-0.2, 0) is 11.3 Å². The lowest BCUT2D eigenvalue weighted by Gasteiger charge is -2.22. The second-order valence-electron chi connectivity index (χ2n) is 7.83. The highest BCUT2D eigenvalue weighted by atomic mass is 127. The fourth-order valence-electron chi connectivity index (χ4n) is 4.32. The lowest BCUT2D eigenvalue weighted by Crippen LogP contribution is -2.45. The average Bonchev–Trinajstić information content (AvgIpc) is 3.48. The van der Waals surface area contributed by atoms with Crippen LogP contribution in [-0.4, -0.2) is 64.3 Å². The largest absolute Gasteiger partial charge is 0.496 e. The van der Waals surface area contributed by atoms with Crippen molar-refractivity contribution in [1.82, 2.24) is 15.5 Å². The van der Waals surface area contributed by atoms with Crippen LogP contribution in [0.1, 0.15) is 37.7 Å². The van der Waals surface area contributed by atoms with E-state index in [1.54, 1.807) is 28.4 Å². The Morgan fingerprint density at radius 1 is 1.10 bits per heavy atom. The molecule has 9 heteroatoms. The van der Waals surface area contributed by atoms with Crippen molar-refractivity contribution < 1.29 is 19.0 Å². The van der Waals surface area contributed by atoms with Gasteiger partial charge in [0.05, 0.1) is 33.4 Å². The van der Waals surface area contributed by atoms with Gasteiger partial charge in [-0.25, -0.2) is 0 Å². The molecule has 1 saturated heterocycles. The van der Waals surface area contributed by atoms with Gasteiger partial charge in [-0.3, -0.25) is 9.79 Å². The summed E-state index contributed by atoms with van der Waals surface area (Å²) < 4.78 is 16.3. The predicted molar refractivity (Wildman–Crippen MR) is 132 cm³/mol. The fourth-order valence-corrected chi connectivity index (χ4v) is 4.32. The SMILES string of the molecule is CN=C(NCc1c(OC)cc(OC)cc1OC)NC1CCN(C(=O)C2CCCC2)C1.I. The number of likely N-dealkylation sites (tertiary alicyclic amines) is 1. The van der Waals surface area contributed by atoms with Crippen molar-refractivity contribution in [3.05, 3.63) is 17.7 Å². The van der Waals surface area contributed by atoms with E-state index in [9.17, 15) is 4.79 Å². The van der Waals surface area contributed by atoms with Crippen molar-refractivity contribution in [2.45, 2.75) is 44.7 Å². The number of halogens is 1. The number of carbonyl (C=O) groups excluding carboxylic acids is 1. The monoisotopic (exact) mass is 546 g/mol. The summed E-state index contributed by atoms with van der Waals surface area (Å²) in [5.41, 5.74) is 0.883. The molecule has 2 N–H and O–H groups in total. The highest BCUT2D eigenvalue weighted by Crippen LogP contribution is 2.34. The lowest BCUT2D eigenvalue weighted by atomic mass is 10.1. The zero-order valence-electron chi connectivity index (χ0n) is 18.9. The van der Waals surface area contributed by atoms with Crippen molar-refractivity contribution in [3.63, 3.8) is 0 Å². The minimum atomic E-state index is 0. The van der Waals surface area contributed by atoms with Gasteiger partial charge in [0.15, 0.2) is 5.96 Å². The van der Waals surface area contributed by atoms with Gasteiger partial charge in [0.1, 0.15) is 17.2 Å². The van der Waals surface area contributed by atoms with Gasteiger partial charge in [-0.15, -0.1) is 24.0 Å². The average molecular weight is 546 g/mol. The first-order valence-electron chi connectivity index (χ1n) is 10.6. The van der Waals surface area contributed by atoms with Crippen LogP contribution >= 0.6 is 24.0 Å². The molecule has 1 saturated carbocycles. The summed E-state index contributed by atoms with van der Waals surface area (Å²) in [4.78, 5) is 19.0. The van der Waals surface area contributed by atoms with Crippen LogP contribution in [0.25, 0.3) is 0 Å². The Kier molecular flexibility index (Phi) is 9.98. The van der Waals surface area contributed by atoms with Crippen LogP contribution < -0.4 is 24.8 Å². The van der Waals surface area contributed by atoms with Gasteiger partial charge in [0.2, 0.25) is 5.91 Å². The summed E-state index contributed by atoms with van der Waals surface area (Å²) in [6, 6.07) is 3.86. The van der Waals surface area contributed by atoms with E-state index in [1.165, 1.54) is 12.8 Å². The van der Waals surface area contributed by atoms with E-state index in [0.29, 0.717) is 35.7 Å². The van der Waals surface area contributed by atoms with Gasteiger partial charge in [-0.05, 0) is 19.3 Å². The maximum atomic E-state index is 12.7. The first-order chi connectivity index (χ1) is 14.6. The highest BCUT2D eigenvalue weighted by Gasteiger charge is 2.32. The molecular weight excluding hydrogens is 511 g/mol. The molecule has 1 heterocycles. The molecule has 0 spiro atoms. The predicted octanol–water partition coefficient (Wildman–Crippen LogP) is 2.79. The first kappa shape index (κ1) is 25.4. The summed E-state index contributed by atoms with van der Waals surface area (Å²) in [5.74, 6) is 3.29. The van der Waals surface area contributed by atoms with Crippen LogP contribution in [0.5, 0.6) is 17.2 Å². The summed E-state index contributed by atoms with van der Waals surface area (Å²) in [6.45, 7) is 2.02. The van der Waals surface area contributed by atoms with E-state index < -0.39 is 0 Å². The lowest BCUT2D eigenvalue weighted by molar-refractivity contribution is -0.134. The van der Waals surface area contributed by atoms with E-state index in [4.69, 9.17) is 14.2 Å². The summed E-state index contributed by atoms with van der Waals surface area (Å²) >= 11 is 0. The number of nitrogens with one attached hydrogen (secondary N) is 2. The van der Waals surface area contributed by atoms with Crippen LogP contribution in [0.3, 0.4) is 0 Å². The third-order valence-corrected chi connectivity index (χ3v) is 6.02. The van der Waals surface area contributed by atoms with Crippen LogP contribution in [0.4, 0.5) is 0 Å². The Hall–Kier alpha value is -1.91. The molecule has 0 bridgehead atoms.